The van der Waals surface area contributed by atoms with Crippen LogP contribution < -0.4 is 0 Å². The van der Waals surface area contributed by atoms with Gasteiger partial charge in [-0.1, -0.05) is 285 Å². The first-order chi connectivity index (χ1) is 56.6. The highest BCUT2D eigenvalue weighted by atomic mass is 19.1. The van der Waals surface area contributed by atoms with Gasteiger partial charge in [0.2, 0.25) is 0 Å². The molecular weight excluding hydrogens is 1410 g/mol. The average molecular weight is 1520 g/mol. The van der Waals surface area contributed by atoms with Crippen molar-refractivity contribution in [1.82, 2.24) is 4.98 Å². The Balaban J connectivity index is 0.738. The Labute approximate surface area is 693 Å². The zero-order valence-electron chi connectivity index (χ0n) is 70.7. The lowest BCUT2D eigenvalue weighted by Crippen LogP contribution is -2.23. The van der Waals surface area contributed by atoms with Crippen molar-refractivity contribution in [3.8, 4) is 145 Å². The summed E-state index contributed by atoms with van der Waals surface area (Å²) in [4.78, 5) is 5.24. The van der Waals surface area contributed by atoms with E-state index < -0.39 is 0 Å². The smallest absolute Gasteiger partial charge is 0.131 e. The quantitative estimate of drug-likeness (QED) is 0.0885. The predicted octanol–water partition coefficient (Wildman–Crippen LogP) is 32.3. The Bertz CT molecular complexity index is 6180. The fourth-order valence-corrected chi connectivity index (χ4v) is 22.2. The highest BCUT2D eigenvalue weighted by molar-refractivity contribution is 6.05. The number of hydrogen-bond donors (Lipinski definition) is 0. The molecular formula is C115H106FN. The molecule has 1 heterocycles. The minimum Gasteiger partial charge on any atom is -0.256 e. The summed E-state index contributed by atoms with van der Waals surface area (Å²) >= 11 is 0. The maximum Gasteiger partial charge on any atom is 0.131 e. The Hall–Kier alpha value is -11.6. The highest BCUT2D eigenvalue weighted by Gasteiger charge is 2.46. The summed E-state index contributed by atoms with van der Waals surface area (Å²) in [7, 11) is 0. The summed E-state index contributed by atoms with van der Waals surface area (Å²) in [5, 5.41) is 2.08. The summed E-state index contributed by atoms with van der Waals surface area (Å²) in [6, 6.07) is 109. The fourth-order valence-electron chi connectivity index (χ4n) is 22.2. The molecule has 15 aromatic rings. The molecule has 14 aromatic carbocycles. The van der Waals surface area contributed by atoms with Gasteiger partial charge in [0.25, 0.3) is 0 Å². The largest absolute Gasteiger partial charge is 0.256 e. The molecule has 0 amide bonds. The number of halogens is 1. The summed E-state index contributed by atoms with van der Waals surface area (Å²) in [5.74, 6) is -0.281. The number of hydrogen-bond acceptors (Lipinski definition) is 1. The third kappa shape index (κ3) is 11.7. The molecule has 0 saturated heterocycles. The van der Waals surface area contributed by atoms with Crippen LogP contribution in [-0.4, -0.2) is 4.98 Å². The maximum atomic E-state index is 17.9. The van der Waals surface area contributed by atoms with Gasteiger partial charge in [0.15, 0.2) is 0 Å². The van der Waals surface area contributed by atoms with E-state index in [1.54, 1.807) is 6.07 Å². The van der Waals surface area contributed by atoms with Crippen molar-refractivity contribution in [1.29, 1.82) is 0 Å². The van der Waals surface area contributed by atoms with Gasteiger partial charge in [-0.2, -0.15) is 0 Å². The van der Waals surface area contributed by atoms with Crippen LogP contribution in [0.1, 0.15) is 204 Å². The van der Waals surface area contributed by atoms with Gasteiger partial charge in [-0.25, -0.2) is 4.39 Å². The van der Waals surface area contributed by atoms with E-state index in [9.17, 15) is 0 Å². The van der Waals surface area contributed by atoms with Crippen molar-refractivity contribution in [2.24, 2.45) is 0 Å². The number of aromatic nitrogens is 1. The summed E-state index contributed by atoms with van der Waals surface area (Å²) in [6.07, 6.45) is 9.93. The zero-order chi connectivity index (χ0) is 80.8. The molecule has 0 fully saturated rings. The molecule has 1 nitrogen and oxygen atoms in total. The second-order valence-corrected chi connectivity index (χ2v) is 36.3. The molecule has 0 spiro atoms. The molecule has 0 bridgehead atoms. The number of rotatable bonds is 17. The third-order valence-corrected chi connectivity index (χ3v) is 29.1. The van der Waals surface area contributed by atoms with Crippen molar-refractivity contribution < 1.29 is 4.39 Å². The standard InChI is InChI=1S/C115H106FN/c1-15-112(16-2)100-32-25-23-28-90(100)92-49-38-73(65-102(92)112)75-40-51-94-96-53-42-77(69-106(96)114(19-5,20-6)104(94)67-75)82-59-83(78-43-54-97-95-52-41-76(68-105(95)115(21-7,22-8)107(97)70-78)74-39-50-93-91-29-24-26-33-101(91)113(17-3,18-4)103(93)66-74)63-85(62-82)99-64-79(44-55-108(99)116)109-98-31-27-30-88(89(98)56-57-117-109)84-60-80(71-34-45-86(46-35-71)110(9,10)11)58-81(61-84)72-36-47-87(48-37-72)111(12,13)14/h23-70H,15-22H2,1-14H3. The van der Waals surface area contributed by atoms with E-state index in [0.717, 1.165) is 123 Å². The second-order valence-electron chi connectivity index (χ2n) is 36.3. The topological polar surface area (TPSA) is 12.9 Å². The SMILES string of the molecule is CCC1(CC)c2ccccc2-c2ccc(-c3ccc4c(c3)C(CC)(CC)c3cc(-c5cc(-c6ccc7c(c6)C(CC)(CC)c6cc(-c8ccc9c(c8)C(CC)(CC)c8ccccc8-9)ccc6-7)cc(-c6cc(-c7nccc8c(-c9cc(-c%10ccc(C(C)(C)C)cc%10)cc(-c%10ccc(C(C)(C)C)cc%10)c9)cccc78)ccc6F)c5)ccc3-4)cc21. The molecule has 117 heavy (non-hydrogen) atoms. The molecule has 4 aliphatic carbocycles. The molecule has 0 unspecified atom stereocenters. The van der Waals surface area contributed by atoms with E-state index in [2.05, 4.69) is 370 Å². The molecule has 0 radical (unpaired) electrons. The molecule has 2 heteroatoms. The molecule has 0 N–H and O–H groups in total. The lowest BCUT2D eigenvalue weighted by atomic mass is 9.72. The van der Waals surface area contributed by atoms with Gasteiger partial charge in [-0.3, -0.25) is 4.98 Å². The van der Waals surface area contributed by atoms with Crippen LogP contribution >= 0.6 is 0 Å². The van der Waals surface area contributed by atoms with Crippen molar-refractivity contribution in [3.63, 3.8) is 0 Å². The van der Waals surface area contributed by atoms with Crippen LogP contribution in [0.3, 0.4) is 0 Å². The minimum absolute atomic E-state index is 0.0177. The Morgan fingerprint density at radius 1 is 0.222 bits per heavy atom. The van der Waals surface area contributed by atoms with Crippen molar-refractivity contribution >= 4 is 10.8 Å². The van der Waals surface area contributed by atoms with Crippen LogP contribution in [0.5, 0.6) is 0 Å². The molecule has 1 aromatic heterocycles. The van der Waals surface area contributed by atoms with E-state index in [0.29, 0.717) is 5.56 Å². The van der Waals surface area contributed by atoms with E-state index in [-0.39, 0.29) is 38.3 Å². The van der Waals surface area contributed by atoms with Crippen molar-refractivity contribution in [3.05, 3.63) is 353 Å². The Morgan fingerprint density at radius 2 is 0.504 bits per heavy atom. The van der Waals surface area contributed by atoms with Gasteiger partial charge in [0.1, 0.15) is 5.82 Å². The van der Waals surface area contributed by atoms with Crippen LogP contribution in [0, 0.1) is 5.82 Å². The van der Waals surface area contributed by atoms with E-state index in [4.69, 9.17) is 4.98 Å². The number of fused-ring (bicyclic) bond motifs is 13. The third-order valence-electron chi connectivity index (χ3n) is 29.1. The van der Waals surface area contributed by atoms with Crippen LogP contribution in [0.4, 0.5) is 4.39 Å². The maximum absolute atomic E-state index is 17.9. The number of benzene rings is 14. The second kappa shape index (κ2) is 28.4. The lowest BCUT2D eigenvalue weighted by molar-refractivity contribution is 0.490. The minimum atomic E-state index is -0.281. The van der Waals surface area contributed by atoms with Gasteiger partial charge in [-0.05, 0) is 348 Å². The summed E-state index contributed by atoms with van der Waals surface area (Å²) in [5.41, 5.74) is 43.5. The average Bonchev–Trinajstić information content (AvgIpc) is 1.57. The van der Waals surface area contributed by atoms with Crippen LogP contribution in [-0.2, 0) is 32.5 Å². The molecule has 19 rings (SSSR count). The van der Waals surface area contributed by atoms with Gasteiger partial charge >= 0.3 is 0 Å². The first kappa shape index (κ1) is 75.5. The van der Waals surface area contributed by atoms with E-state index in [1.807, 2.05) is 12.3 Å². The molecule has 0 saturated carbocycles. The first-order valence-electron chi connectivity index (χ1n) is 43.4. The normalized spacial score (nSPS) is 14.7. The number of pyridine rings is 1. The molecule has 0 aliphatic heterocycles. The fraction of sp³-hybridized carbons (Fsp3) is 0.243. The summed E-state index contributed by atoms with van der Waals surface area (Å²) < 4.78 is 17.9. The number of nitrogens with zero attached hydrogens (tertiary/aromatic N) is 1. The van der Waals surface area contributed by atoms with Gasteiger partial charge in [-0.15, -0.1) is 0 Å². The van der Waals surface area contributed by atoms with Crippen molar-refractivity contribution in [2.75, 3.05) is 0 Å². The van der Waals surface area contributed by atoms with Crippen molar-refractivity contribution in [2.45, 2.75) is 181 Å². The van der Waals surface area contributed by atoms with Crippen LogP contribution in [0.25, 0.3) is 156 Å². The summed E-state index contributed by atoms with van der Waals surface area (Å²) in [6.45, 7) is 32.6. The highest BCUT2D eigenvalue weighted by Crippen LogP contribution is 2.60. The molecule has 578 valence electrons. The lowest BCUT2D eigenvalue weighted by Gasteiger charge is -2.31. The van der Waals surface area contributed by atoms with Crippen LogP contribution in [0.2, 0.25) is 0 Å². The Morgan fingerprint density at radius 3 is 0.855 bits per heavy atom. The van der Waals surface area contributed by atoms with Gasteiger partial charge in [0, 0.05) is 44.4 Å². The van der Waals surface area contributed by atoms with Gasteiger partial charge in [0.05, 0.1) is 5.69 Å². The van der Waals surface area contributed by atoms with Crippen LogP contribution in [0.15, 0.2) is 291 Å². The van der Waals surface area contributed by atoms with Gasteiger partial charge < -0.3 is 0 Å². The van der Waals surface area contributed by atoms with E-state index >= 15 is 4.39 Å². The predicted molar refractivity (Wildman–Crippen MR) is 495 cm³/mol. The zero-order valence-corrected chi connectivity index (χ0v) is 70.7. The molecule has 4 aliphatic rings. The molecule has 0 atom stereocenters. The Kier molecular flexibility index (Phi) is 18.3. The first-order valence-corrected chi connectivity index (χ1v) is 43.4. The monoisotopic (exact) mass is 1520 g/mol. The van der Waals surface area contributed by atoms with E-state index in [1.165, 1.54) is 134 Å².